The van der Waals surface area contributed by atoms with E-state index in [1.165, 1.54) is 6.07 Å². The van der Waals surface area contributed by atoms with Crippen molar-refractivity contribution in [1.82, 2.24) is 0 Å². The van der Waals surface area contributed by atoms with Crippen molar-refractivity contribution in [3.8, 4) is 0 Å². The minimum atomic E-state index is -3.84. The van der Waals surface area contributed by atoms with Crippen LogP contribution < -0.4 is 10.0 Å². The van der Waals surface area contributed by atoms with Crippen molar-refractivity contribution >= 4 is 49.1 Å². The number of anilines is 1. The van der Waals surface area contributed by atoms with Crippen molar-refractivity contribution < 1.29 is 17.6 Å². The molecule has 0 radical (unpaired) electrons. The zero-order chi connectivity index (χ0) is 14.4. The number of sulfonamides is 1. The maximum absolute atomic E-state index is 13.9. The summed E-state index contributed by atoms with van der Waals surface area (Å²) in [6, 6.07) is 2.48. The average molecular weight is 372 g/mol. The number of rotatable bonds is 2. The van der Waals surface area contributed by atoms with Crippen LogP contribution in [0, 0.1) is 5.82 Å². The first-order chi connectivity index (χ1) is 8.70. The Morgan fingerprint density at radius 1 is 1.47 bits per heavy atom. The molecule has 19 heavy (non-hydrogen) atoms. The lowest BCUT2D eigenvalue weighted by Crippen LogP contribution is -2.32. The molecule has 0 aliphatic carbocycles. The second-order valence-electron chi connectivity index (χ2n) is 4.14. The minimum absolute atomic E-state index is 0.0273. The second-order valence-corrected chi connectivity index (χ2v) is 7.27. The normalized spacial score (nSPS) is 20.1. The number of hydrogen-bond acceptors (Lipinski definition) is 3. The zero-order valence-corrected chi connectivity index (χ0v) is 12.6. The quantitative estimate of drug-likeness (QED) is 0.858. The van der Waals surface area contributed by atoms with E-state index >= 15 is 0 Å². The summed E-state index contributed by atoms with van der Waals surface area (Å²) in [5, 5.41) is 4.15. The predicted molar refractivity (Wildman–Crippen MR) is 73.0 cm³/mol. The summed E-state index contributed by atoms with van der Waals surface area (Å²) in [5.41, 5.74) is -0.0273. The first-order valence-electron chi connectivity index (χ1n) is 5.16. The molecule has 1 aromatic rings. The number of carbonyl (C=O) groups excluding carboxylic acids is 1. The maximum atomic E-state index is 13.9. The van der Waals surface area contributed by atoms with Gasteiger partial charge in [0.2, 0.25) is 15.9 Å². The summed E-state index contributed by atoms with van der Waals surface area (Å²) in [6.45, 7) is -0.172. The van der Waals surface area contributed by atoms with Crippen LogP contribution in [0.4, 0.5) is 10.1 Å². The van der Waals surface area contributed by atoms with Gasteiger partial charge in [-0.25, -0.2) is 17.9 Å². The fourth-order valence-electron chi connectivity index (χ4n) is 1.90. The molecule has 2 N–H and O–H groups in total. The molecule has 0 bridgehead atoms. The van der Waals surface area contributed by atoms with Crippen LogP contribution in [0.15, 0.2) is 16.6 Å². The standard InChI is InChI=1S/C10H9BrClFN2O3S/c11-7-1-5(12)2-8(13)10(7)15-4-6(3-9(15)16)19(14,17)18/h1-2,6H,3-4H2,(H2,14,17,18). The van der Waals surface area contributed by atoms with Gasteiger partial charge in [0.05, 0.1) is 5.69 Å². The van der Waals surface area contributed by atoms with E-state index in [0.717, 1.165) is 11.0 Å². The van der Waals surface area contributed by atoms with Gasteiger partial charge in [0.25, 0.3) is 0 Å². The monoisotopic (exact) mass is 370 g/mol. The third kappa shape index (κ3) is 2.91. The Morgan fingerprint density at radius 3 is 2.58 bits per heavy atom. The molecule has 1 aliphatic heterocycles. The van der Waals surface area contributed by atoms with E-state index in [-0.39, 0.29) is 28.1 Å². The molecule has 1 atom stereocenters. The molecule has 1 aliphatic rings. The van der Waals surface area contributed by atoms with Crippen LogP contribution in [-0.4, -0.2) is 26.1 Å². The number of primary sulfonamides is 1. The van der Waals surface area contributed by atoms with Crippen molar-refractivity contribution in [2.45, 2.75) is 11.7 Å². The van der Waals surface area contributed by atoms with Crippen LogP contribution in [0.2, 0.25) is 5.02 Å². The van der Waals surface area contributed by atoms with Gasteiger partial charge in [-0.15, -0.1) is 0 Å². The number of carbonyl (C=O) groups is 1. The second kappa shape index (κ2) is 5.01. The van der Waals surface area contributed by atoms with Crippen molar-refractivity contribution in [1.29, 1.82) is 0 Å². The summed E-state index contributed by atoms with van der Waals surface area (Å²) in [6.07, 6.45) is -0.257. The number of halogens is 3. The van der Waals surface area contributed by atoms with Crippen molar-refractivity contribution in [2.24, 2.45) is 5.14 Å². The molecule has 1 amide bonds. The Balaban J connectivity index is 2.42. The number of nitrogens with two attached hydrogens (primary N) is 1. The SMILES string of the molecule is NS(=O)(=O)C1CC(=O)N(c2c(F)cc(Cl)cc2Br)C1. The van der Waals surface area contributed by atoms with E-state index in [9.17, 15) is 17.6 Å². The number of amides is 1. The van der Waals surface area contributed by atoms with Crippen molar-refractivity contribution in [3.05, 3.63) is 27.4 Å². The van der Waals surface area contributed by atoms with Gasteiger partial charge in [-0.3, -0.25) is 4.79 Å². The lowest BCUT2D eigenvalue weighted by Gasteiger charge is -2.19. The molecule has 0 saturated carbocycles. The fourth-order valence-corrected chi connectivity index (χ4v) is 3.62. The summed E-state index contributed by atoms with van der Waals surface area (Å²) in [7, 11) is -3.84. The average Bonchev–Trinajstić information content (AvgIpc) is 2.59. The Labute approximate surface area is 122 Å². The topological polar surface area (TPSA) is 80.5 Å². The van der Waals surface area contributed by atoms with E-state index < -0.39 is 27.0 Å². The van der Waals surface area contributed by atoms with Gasteiger partial charge in [-0.2, -0.15) is 0 Å². The van der Waals surface area contributed by atoms with Crippen LogP contribution in [0.1, 0.15) is 6.42 Å². The minimum Gasteiger partial charge on any atom is -0.307 e. The van der Waals surface area contributed by atoms with Gasteiger partial charge in [0.1, 0.15) is 11.1 Å². The molecule has 9 heteroatoms. The molecule has 0 spiro atoms. The number of nitrogens with zero attached hydrogens (tertiary/aromatic N) is 1. The summed E-state index contributed by atoms with van der Waals surface area (Å²) in [4.78, 5) is 12.9. The van der Waals surface area contributed by atoms with Crippen molar-refractivity contribution in [3.63, 3.8) is 0 Å². The van der Waals surface area contributed by atoms with Crippen LogP contribution >= 0.6 is 27.5 Å². The molecule has 2 rings (SSSR count). The molecule has 0 aromatic heterocycles. The Bertz CT molecular complexity index is 629. The highest BCUT2D eigenvalue weighted by molar-refractivity contribution is 9.10. The van der Waals surface area contributed by atoms with Crippen LogP contribution in [-0.2, 0) is 14.8 Å². The molecule has 1 saturated heterocycles. The molecule has 104 valence electrons. The first-order valence-corrected chi connectivity index (χ1v) is 7.94. The van der Waals surface area contributed by atoms with Crippen LogP contribution in [0.3, 0.4) is 0 Å². The lowest BCUT2D eigenvalue weighted by atomic mass is 10.3. The van der Waals surface area contributed by atoms with E-state index in [2.05, 4.69) is 15.9 Å². The highest BCUT2D eigenvalue weighted by Gasteiger charge is 2.38. The summed E-state index contributed by atoms with van der Waals surface area (Å²) < 4.78 is 36.7. The highest BCUT2D eigenvalue weighted by atomic mass is 79.9. The van der Waals surface area contributed by atoms with Gasteiger partial charge >= 0.3 is 0 Å². The highest BCUT2D eigenvalue weighted by Crippen LogP contribution is 2.35. The lowest BCUT2D eigenvalue weighted by molar-refractivity contribution is -0.117. The van der Waals surface area contributed by atoms with E-state index in [1.807, 2.05) is 0 Å². The molecule has 5 nitrogen and oxygen atoms in total. The molecule has 1 unspecified atom stereocenters. The van der Waals surface area contributed by atoms with Crippen molar-refractivity contribution in [2.75, 3.05) is 11.4 Å². The number of benzene rings is 1. The van der Waals surface area contributed by atoms with Gasteiger partial charge in [-0.05, 0) is 28.1 Å². The third-order valence-corrected chi connectivity index (χ3v) is 4.87. The van der Waals surface area contributed by atoms with Gasteiger partial charge in [-0.1, -0.05) is 11.6 Å². The zero-order valence-electron chi connectivity index (χ0n) is 9.44. The van der Waals surface area contributed by atoms with Gasteiger partial charge < -0.3 is 4.90 Å². The molecular formula is C10H9BrClFN2O3S. The smallest absolute Gasteiger partial charge is 0.228 e. The molecular weight excluding hydrogens is 363 g/mol. The third-order valence-electron chi connectivity index (χ3n) is 2.81. The molecule has 1 aromatic carbocycles. The maximum Gasteiger partial charge on any atom is 0.228 e. The first kappa shape index (κ1) is 14.7. The predicted octanol–water partition coefficient (Wildman–Crippen LogP) is 1.64. The number of hydrogen-bond donors (Lipinski definition) is 1. The molecule has 1 fully saturated rings. The summed E-state index contributed by atoms with van der Waals surface area (Å²) >= 11 is 8.78. The van der Waals surface area contributed by atoms with E-state index in [4.69, 9.17) is 16.7 Å². The largest absolute Gasteiger partial charge is 0.307 e. The van der Waals surface area contributed by atoms with Crippen LogP contribution in [0.25, 0.3) is 0 Å². The Morgan fingerprint density at radius 2 is 2.11 bits per heavy atom. The summed E-state index contributed by atoms with van der Waals surface area (Å²) in [5.74, 6) is -1.20. The van der Waals surface area contributed by atoms with E-state index in [0.29, 0.717) is 0 Å². The van der Waals surface area contributed by atoms with Crippen LogP contribution in [0.5, 0.6) is 0 Å². The fraction of sp³-hybridized carbons (Fsp3) is 0.300. The Hall–Kier alpha value is -0.700. The van der Waals surface area contributed by atoms with E-state index in [1.54, 1.807) is 0 Å². The van der Waals surface area contributed by atoms with Gasteiger partial charge in [0.15, 0.2) is 0 Å². The Kier molecular flexibility index (Phi) is 3.87. The molecule has 1 heterocycles. The van der Waals surface area contributed by atoms with Gasteiger partial charge in [0, 0.05) is 22.5 Å².